The number of nitrogens with zero attached hydrogens (tertiary/aromatic N) is 2. The summed E-state index contributed by atoms with van der Waals surface area (Å²) in [5.74, 6) is 0.556. The van der Waals surface area contributed by atoms with Crippen molar-refractivity contribution in [3.63, 3.8) is 0 Å². The van der Waals surface area contributed by atoms with Crippen molar-refractivity contribution in [1.29, 1.82) is 5.26 Å². The molecule has 0 aromatic heterocycles. The topological polar surface area (TPSA) is 53.0 Å². The van der Waals surface area contributed by atoms with Crippen molar-refractivity contribution >= 4 is 11.4 Å². The SMILES string of the molecule is CC(C)C(C)N(C)c1ccc(C#N)cc1N. The maximum atomic E-state index is 8.77. The molecule has 0 saturated heterocycles. The molecule has 0 aliphatic carbocycles. The molecular weight excluding hydrogens is 198 g/mol. The van der Waals surface area contributed by atoms with Crippen LogP contribution in [0.1, 0.15) is 26.3 Å². The van der Waals surface area contributed by atoms with Gasteiger partial charge in [-0.15, -0.1) is 0 Å². The molecule has 1 aromatic rings. The molecule has 0 aliphatic rings. The first-order chi connectivity index (χ1) is 7.47. The third kappa shape index (κ3) is 2.46. The molecule has 86 valence electrons. The third-order valence-electron chi connectivity index (χ3n) is 3.11. The fourth-order valence-electron chi connectivity index (χ4n) is 1.61. The van der Waals surface area contributed by atoms with Gasteiger partial charge in [0, 0.05) is 13.1 Å². The Morgan fingerprint density at radius 1 is 1.31 bits per heavy atom. The summed E-state index contributed by atoms with van der Waals surface area (Å²) in [6.07, 6.45) is 0. The number of nitriles is 1. The molecule has 3 heteroatoms. The lowest BCUT2D eigenvalue weighted by atomic mass is 10.0. The molecule has 1 aromatic carbocycles. The van der Waals surface area contributed by atoms with Crippen LogP contribution in [0.25, 0.3) is 0 Å². The van der Waals surface area contributed by atoms with Gasteiger partial charge in [0.1, 0.15) is 0 Å². The number of rotatable bonds is 3. The average Bonchev–Trinajstić information content (AvgIpc) is 2.26. The molecule has 0 fully saturated rings. The van der Waals surface area contributed by atoms with E-state index >= 15 is 0 Å². The van der Waals surface area contributed by atoms with Crippen LogP contribution in [-0.4, -0.2) is 13.1 Å². The predicted octanol–water partition coefficient (Wildman–Crippen LogP) is 2.62. The Morgan fingerprint density at radius 3 is 2.38 bits per heavy atom. The Balaban J connectivity index is 3.01. The van der Waals surface area contributed by atoms with Crippen molar-refractivity contribution in [2.24, 2.45) is 5.92 Å². The zero-order valence-corrected chi connectivity index (χ0v) is 10.4. The zero-order chi connectivity index (χ0) is 12.3. The van der Waals surface area contributed by atoms with Gasteiger partial charge in [0.05, 0.1) is 23.0 Å². The van der Waals surface area contributed by atoms with E-state index < -0.39 is 0 Å². The number of hydrogen-bond acceptors (Lipinski definition) is 3. The lowest BCUT2D eigenvalue weighted by molar-refractivity contribution is 0.506. The van der Waals surface area contributed by atoms with Crippen LogP contribution in [0.2, 0.25) is 0 Å². The molecule has 0 aliphatic heterocycles. The van der Waals surface area contributed by atoms with Crippen LogP contribution in [0.15, 0.2) is 18.2 Å². The summed E-state index contributed by atoms with van der Waals surface area (Å²) in [7, 11) is 2.03. The van der Waals surface area contributed by atoms with Gasteiger partial charge in [0.2, 0.25) is 0 Å². The average molecular weight is 217 g/mol. The summed E-state index contributed by atoms with van der Waals surface area (Å²) in [5, 5.41) is 8.77. The quantitative estimate of drug-likeness (QED) is 0.792. The molecule has 0 heterocycles. The summed E-state index contributed by atoms with van der Waals surface area (Å²) in [5.41, 5.74) is 8.19. The molecule has 2 N–H and O–H groups in total. The van der Waals surface area contributed by atoms with E-state index in [2.05, 4.69) is 31.7 Å². The Labute approximate surface area is 97.5 Å². The van der Waals surface area contributed by atoms with Crippen LogP contribution in [-0.2, 0) is 0 Å². The van der Waals surface area contributed by atoms with Gasteiger partial charge in [-0.3, -0.25) is 0 Å². The van der Waals surface area contributed by atoms with Gasteiger partial charge < -0.3 is 10.6 Å². The second-order valence-electron chi connectivity index (χ2n) is 4.48. The van der Waals surface area contributed by atoms with Crippen molar-refractivity contribution in [2.45, 2.75) is 26.8 Å². The van der Waals surface area contributed by atoms with Gasteiger partial charge in [-0.25, -0.2) is 0 Å². The van der Waals surface area contributed by atoms with E-state index in [9.17, 15) is 0 Å². The van der Waals surface area contributed by atoms with Crippen LogP contribution >= 0.6 is 0 Å². The normalized spacial score (nSPS) is 12.2. The van der Waals surface area contributed by atoms with E-state index in [0.717, 1.165) is 5.69 Å². The molecule has 0 spiro atoms. The summed E-state index contributed by atoms with van der Waals surface area (Å²) < 4.78 is 0. The largest absolute Gasteiger partial charge is 0.397 e. The maximum absolute atomic E-state index is 8.77. The van der Waals surface area contributed by atoms with E-state index in [1.54, 1.807) is 12.1 Å². The smallest absolute Gasteiger partial charge is 0.0992 e. The summed E-state index contributed by atoms with van der Waals surface area (Å²) in [6, 6.07) is 7.93. The summed E-state index contributed by atoms with van der Waals surface area (Å²) in [4.78, 5) is 2.15. The van der Waals surface area contributed by atoms with E-state index in [1.165, 1.54) is 0 Å². The molecule has 16 heavy (non-hydrogen) atoms. The summed E-state index contributed by atoms with van der Waals surface area (Å²) >= 11 is 0. The number of nitrogens with two attached hydrogens (primary N) is 1. The molecule has 0 saturated carbocycles. The molecule has 3 nitrogen and oxygen atoms in total. The first kappa shape index (κ1) is 12.4. The van der Waals surface area contributed by atoms with E-state index in [-0.39, 0.29) is 0 Å². The number of hydrogen-bond donors (Lipinski definition) is 1. The fourth-order valence-corrected chi connectivity index (χ4v) is 1.61. The highest BCUT2D eigenvalue weighted by atomic mass is 15.1. The fraction of sp³-hybridized carbons (Fsp3) is 0.462. The van der Waals surface area contributed by atoms with Crippen molar-refractivity contribution in [3.05, 3.63) is 23.8 Å². The monoisotopic (exact) mass is 217 g/mol. The van der Waals surface area contributed by atoms with Crippen LogP contribution < -0.4 is 10.6 Å². The lowest BCUT2D eigenvalue weighted by Crippen LogP contribution is -2.33. The van der Waals surface area contributed by atoms with Crippen LogP contribution in [0, 0.1) is 17.2 Å². The molecule has 1 unspecified atom stereocenters. The van der Waals surface area contributed by atoms with Gasteiger partial charge in [-0.05, 0) is 31.0 Å². The Morgan fingerprint density at radius 2 is 1.94 bits per heavy atom. The highest BCUT2D eigenvalue weighted by Gasteiger charge is 2.15. The van der Waals surface area contributed by atoms with Crippen molar-refractivity contribution in [2.75, 3.05) is 17.7 Å². The number of benzene rings is 1. The van der Waals surface area contributed by atoms with Crippen LogP contribution in [0.3, 0.4) is 0 Å². The Kier molecular flexibility index (Phi) is 3.78. The van der Waals surface area contributed by atoms with Gasteiger partial charge in [-0.2, -0.15) is 5.26 Å². The van der Waals surface area contributed by atoms with Gasteiger partial charge in [0.15, 0.2) is 0 Å². The zero-order valence-electron chi connectivity index (χ0n) is 10.4. The molecule has 0 radical (unpaired) electrons. The molecule has 1 rings (SSSR count). The standard InChI is InChI=1S/C13H19N3/c1-9(2)10(3)16(4)13-6-5-11(8-14)7-12(13)15/h5-7,9-10H,15H2,1-4H3. The number of anilines is 2. The summed E-state index contributed by atoms with van der Waals surface area (Å²) in [6.45, 7) is 6.53. The lowest BCUT2D eigenvalue weighted by Gasteiger charge is -2.30. The van der Waals surface area contributed by atoms with Crippen molar-refractivity contribution < 1.29 is 0 Å². The van der Waals surface area contributed by atoms with E-state index in [0.29, 0.717) is 23.2 Å². The highest BCUT2D eigenvalue weighted by molar-refractivity contribution is 5.69. The second-order valence-corrected chi connectivity index (χ2v) is 4.48. The van der Waals surface area contributed by atoms with Crippen LogP contribution in [0.4, 0.5) is 11.4 Å². The van der Waals surface area contributed by atoms with E-state index in [1.807, 2.05) is 13.1 Å². The Bertz CT molecular complexity index is 404. The van der Waals surface area contributed by atoms with Gasteiger partial charge in [-0.1, -0.05) is 13.8 Å². The van der Waals surface area contributed by atoms with Crippen molar-refractivity contribution in [1.82, 2.24) is 0 Å². The maximum Gasteiger partial charge on any atom is 0.0992 e. The second kappa shape index (κ2) is 4.89. The first-order valence-electron chi connectivity index (χ1n) is 5.49. The third-order valence-corrected chi connectivity index (χ3v) is 3.11. The Hall–Kier alpha value is -1.69. The minimum atomic E-state index is 0.412. The predicted molar refractivity (Wildman–Crippen MR) is 68.3 cm³/mol. The van der Waals surface area contributed by atoms with Crippen LogP contribution in [0.5, 0.6) is 0 Å². The van der Waals surface area contributed by atoms with E-state index in [4.69, 9.17) is 11.0 Å². The molecule has 1 atom stereocenters. The first-order valence-corrected chi connectivity index (χ1v) is 5.49. The van der Waals surface area contributed by atoms with Gasteiger partial charge in [0.25, 0.3) is 0 Å². The van der Waals surface area contributed by atoms with Crippen molar-refractivity contribution in [3.8, 4) is 6.07 Å². The minimum Gasteiger partial charge on any atom is -0.397 e. The molecular formula is C13H19N3. The minimum absolute atomic E-state index is 0.412. The molecule has 0 bridgehead atoms. The highest BCUT2D eigenvalue weighted by Crippen LogP contribution is 2.26. The number of nitrogen functional groups attached to an aromatic ring is 1. The molecule has 0 amide bonds. The van der Waals surface area contributed by atoms with Gasteiger partial charge >= 0.3 is 0 Å².